The number of nitrogens with one attached hydrogen (secondary N) is 1. The van der Waals surface area contributed by atoms with Crippen molar-refractivity contribution in [2.24, 2.45) is 0 Å². The first-order valence-electron chi connectivity index (χ1n) is 9.06. The average Bonchev–Trinajstić information content (AvgIpc) is 3.08. The first-order valence-corrected chi connectivity index (χ1v) is 9.06. The number of hydrogen-bond acceptors (Lipinski definition) is 4. The number of para-hydroxylation sites is 1. The molecule has 2 aromatic carbocycles. The molecule has 0 saturated carbocycles. The number of hydrogen-bond donors (Lipinski definition) is 1. The Bertz CT molecular complexity index is 1190. The van der Waals surface area contributed by atoms with Crippen LogP contribution in [0.25, 0.3) is 10.9 Å². The van der Waals surface area contributed by atoms with E-state index in [0.717, 1.165) is 16.6 Å². The Hall–Kier alpha value is -3.55. The van der Waals surface area contributed by atoms with Crippen molar-refractivity contribution < 1.29 is 13.9 Å². The van der Waals surface area contributed by atoms with Gasteiger partial charge in [-0.3, -0.25) is 0 Å². The summed E-state index contributed by atoms with van der Waals surface area (Å²) in [5, 5.41) is 3.60. The Balaban J connectivity index is 1.60. The SMILES string of the molecule is COc1cc(C(=O)Nc2nbn(Cc3ccc(F)cc3)c2C)c2ccccc2n1. The van der Waals surface area contributed by atoms with Crippen molar-refractivity contribution >= 4 is 29.8 Å². The second-order valence-electron chi connectivity index (χ2n) is 6.62. The van der Waals surface area contributed by atoms with Crippen LogP contribution in [0.4, 0.5) is 10.2 Å². The van der Waals surface area contributed by atoms with Gasteiger partial charge in [-0.1, -0.05) is 0 Å². The molecule has 1 amide bonds. The van der Waals surface area contributed by atoms with E-state index in [9.17, 15) is 9.18 Å². The van der Waals surface area contributed by atoms with Crippen LogP contribution in [0.1, 0.15) is 21.6 Å². The molecule has 6 nitrogen and oxygen atoms in total. The third-order valence-corrected chi connectivity index (χ3v) is 4.74. The molecular formula is C21H18BFN4O2. The monoisotopic (exact) mass is 388 g/mol. The molecule has 0 unspecified atom stereocenters. The predicted octanol–water partition coefficient (Wildman–Crippen LogP) is 3.53. The van der Waals surface area contributed by atoms with E-state index in [1.165, 1.54) is 19.2 Å². The first kappa shape index (κ1) is 18.8. The van der Waals surface area contributed by atoms with Crippen molar-refractivity contribution in [1.82, 2.24) is 14.3 Å². The van der Waals surface area contributed by atoms with Gasteiger partial charge in [0, 0.05) is 0 Å². The van der Waals surface area contributed by atoms with Gasteiger partial charge in [0.05, 0.1) is 0 Å². The van der Waals surface area contributed by atoms with Crippen LogP contribution in [-0.4, -0.2) is 34.6 Å². The first-order chi connectivity index (χ1) is 14.0. The molecule has 0 atom stereocenters. The van der Waals surface area contributed by atoms with Gasteiger partial charge in [-0.05, 0) is 0 Å². The summed E-state index contributed by atoms with van der Waals surface area (Å²) >= 11 is 0. The van der Waals surface area contributed by atoms with E-state index < -0.39 is 0 Å². The van der Waals surface area contributed by atoms with E-state index in [4.69, 9.17) is 4.74 Å². The predicted molar refractivity (Wildman–Crippen MR) is 110 cm³/mol. The number of carbonyl (C=O) groups excluding carboxylic acids is 1. The Morgan fingerprint density at radius 1 is 1.21 bits per heavy atom. The summed E-state index contributed by atoms with van der Waals surface area (Å²) < 4.78 is 20.2. The van der Waals surface area contributed by atoms with E-state index >= 15 is 0 Å². The normalized spacial score (nSPS) is 10.7. The number of methoxy groups -OCH3 is 1. The van der Waals surface area contributed by atoms with E-state index in [1.807, 2.05) is 35.7 Å². The summed E-state index contributed by atoms with van der Waals surface area (Å²) in [7, 11) is 3.17. The van der Waals surface area contributed by atoms with Crippen molar-refractivity contribution in [3.8, 4) is 5.88 Å². The summed E-state index contributed by atoms with van der Waals surface area (Å²) in [6, 6.07) is 15.3. The molecule has 0 fully saturated rings. The van der Waals surface area contributed by atoms with Crippen LogP contribution >= 0.6 is 0 Å². The van der Waals surface area contributed by atoms with Gasteiger partial charge >= 0.3 is 167 Å². The Kier molecular flexibility index (Phi) is 5.08. The van der Waals surface area contributed by atoms with E-state index in [1.54, 1.807) is 25.4 Å². The average molecular weight is 388 g/mol. The fraction of sp³-hybridized carbons (Fsp3) is 0.143. The molecule has 4 aromatic rings. The topological polar surface area (TPSA) is 69.0 Å². The fourth-order valence-corrected chi connectivity index (χ4v) is 3.13. The zero-order valence-corrected chi connectivity index (χ0v) is 16.0. The quantitative estimate of drug-likeness (QED) is 0.568. The second kappa shape index (κ2) is 7.83. The standard InChI is InChI=1S/C21H18BFN4O2/c1-13-20(26-22-27(13)12-14-7-9-15(23)10-8-14)25-21(28)17-11-19(29-2)24-18-6-4-3-5-16(17)18/h3-11H,12H2,1-2H3,(H,25,28). The maximum atomic E-state index is 13.1. The van der Waals surface area contributed by atoms with Crippen molar-refractivity contribution in [2.45, 2.75) is 13.5 Å². The number of aromatic nitrogens is 3. The van der Waals surface area contributed by atoms with Crippen molar-refractivity contribution in [3.63, 3.8) is 0 Å². The van der Waals surface area contributed by atoms with Crippen molar-refractivity contribution in [2.75, 3.05) is 12.4 Å². The number of ether oxygens (including phenoxy) is 1. The molecule has 0 saturated heterocycles. The van der Waals surface area contributed by atoms with Gasteiger partial charge in [-0.15, -0.1) is 0 Å². The Labute approximate surface area is 167 Å². The zero-order valence-electron chi connectivity index (χ0n) is 16.0. The van der Waals surface area contributed by atoms with Gasteiger partial charge in [-0.25, -0.2) is 0 Å². The molecule has 144 valence electrons. The Morgan fingerprint density at radius 2 is 1.97 bits per heavy atom. The van der Waals surface area contributed by atoms with Gasteiger partial charge in [0.25, 0.3) is 0 Å². The number of fused-ring (bicyclic) bond motifs is 1. The van der Waals surface area contributed by atoms with Crippen LogP contribution in [0.3, 0.4) is 0 Å². The molecule has 0 aliphatic carbocycles. The number of pyridine rings is 1. The van der Waals surface area contributed by atoms with Crippen molar-refractivity contribution in [1.29, 1.82) is 0 Å². The molecular weight excluding hydrogens is 370 g/mol. The second-order valence-corrected chi connectivity index (χ2v) is 6.62. The molecule has 0 radical (unpaired) electrons. The molecule has 1 N–H and O–H groups in total. The number of carbonyl (C=O) groups is 1. The number of anilines is 1. The van der Waals surface area contributed by atoms with E-state index in [0.29, 0.717) is 29.3 Å². The minimum absolute atomic E-state index is 0.274. The molecule has 29 heavy (non-hydrogen) atoms. The zero-order chi connectivity index (χ0) is 20.4. The van der Waals surface area contributed by atoms with Gasteiger partial charge in [0.1, 0.15) is 0 Å². The molecule has 0 aliphatic heterocycles. The molecule has 0 aliphatic rings. The summed E-state index contributed by atoms with van der Waals surface area (Å²) in [6.45, 7) is 2.40. The van der Waals surface area contributed by atoms with Crippen LogP contribution in [-0.2, 0) is 6.54 Å². The molecule has 0 spiro atoms. The van der Waals surface area contributed by atoms with Gasteiger partial charge < -0.3 is 0 Å². The third-order valence-electron chi connectivity index (χ3n) is 4.74. The minimum atomic E-state index is -0.294. The molecule has 2 heterocycles. The molecule has 4 rings (SSSR count). The maximum absolute atomic E-state index is 13.1. The number of amides is 1. The number of halogens is 1. The molecule has 2 aromatic heterocycles. The summed E-state index contributed by atoms with van der Waals surface area (Å²) in [6.07, 6.45) is 0. The van der Waals surface area contributed by atoms with Gasteiger partial charge in [0.15, 0.2) is 0 Å². The van der Waals surface area contributed by atoms with Crippen LogP contribution in [0.15, 0.2) is 54.6 Å². The fourth-order valence-electron chi connectivity index (χ4n) is 3.13. The summed E-state index contributed by atoms with van der Waals surface area (Å²) in [5.41, 5.74) is 2.87. The van der Waals surface area contributed by atoms with Crippen LogP contribution in [0, 0.1) is 12.7 Å². The number of rotatable bonds is 5. The molecule has 8 heteroatoms. The van der Waals surface area contributed by atoms with Crippen molar-refractivity contribution in [3.05, 3.63) is 77.2 Å². The number of benzene rings is 2. The van der Waals surface area contributed by atoms with E-state index in [-0.39, 0.29) is 11.7 Å². The summed E-state index contributed by atoms with van der Waals surface area (Å²) in [4.78, 5) is 21.7. The molecule has 0 bridgehead atoms. The van der Waals surface area contributed by atoms with Crippen LogP contribution in [0.2, 0.25) is 0 Å². The van der Waals surface area contributed by atoms with Crippen LogP contribution in [0.5, 0.6) is 5.88 Å². The van der Waals surface area contributed by atoms with Gasteiger partial charge in [0.2, 0.25) is 0 Å². The number of nitrogens with zero attached hydrogens (tertiary/aromatic N) is 3. The third kappa shape index (κ3) is 3.87. The summed E-state index contributed by atoms with van der Waals surface area (Å²) in [5.74, 6) is 0.269. The van der Waals surface area contributed by atoms with E-state index in [2.05, 4.69) is 15.2 Å². The van der Waals surface area contributed by atoms with Gasteiger partial charge in [-0.2, -0.15) is 0 Å². The van der Waals surface area contributed by atoms with Crippen LogP contribution < -0.4 is 10.1 Å². The Morgan fingerprint density at radius 3 is 2.72 bits per heavy atom.